The fourth-order valence-electron chi connectivity index (χ4n) is 4.22. The van der Waals surface area contributed by atoms with Crippen LogP contribution < -0.4 is 10.6 Å². The number of rotatable bonds is 5. The first-order chi connectivity index (χ1) is 12.6. The van der Waals surface area contributed by atoms with Crippen molar-refractivity contribution in [1.82, 2.24) is 25.3 Å². The molecular formula is C19H36N6O. The van der Waals surface area contributed by atoms with E-state index in [1.807, 2.05) is 18.7 Å². The van der Waals surface area contributed by atoms with Crippen LogP contribution in [0.5, 0.6) is 0 Å². The second-order valence-electron chi connectivity index (χ2n) is 8.11. The van der Waals surface area contributed by atoms with Crippen molar-refractivity contribution < 1.29 is 4.79 Å². The molecule has 0 saturated carbocycles. The molecule has 148 valence electrons. The molecule has 4 rings (SSSR count). The van der Waals surface area contributed by atoms with Gasteiger partial charge in [-0.2, -0.15) is 0 Å². The lowest BCUT2D eigenvalue weighted by atomic mass is 10.0. The number of hydrogen-bond acceptors (Lipinski definition) is 4. The number of carbonyl (C=O) groups is 1. The summed E-state index contributed by atoms with van der Waals surface area (Å²) < 4.78 is 0. The fourth-order valence-corrected chi connectivity index (χ4v) is 4.22. The molecule has 26 heavy (non-hydrogen) atoms. The average molecular weight is 365 g/mol. The van der Waals surface area contributed by atoms with E-state index in [1.165, 1.54) is 26.2 Å². The zero-order valence-corrected chi connectivity index (χ0v) is 16.7. The number of hydrogen-bond donors (Lipinski definition) is 2. The van der Waals surface area contributed by atoms with Gasteiger partial charge in [0, 0.05) is 70.4 Å². The Balaban J connectivity index is 1.48. The highest BCUT2D eigenvalue weighted by Crippen LogP contribution is 2.16. The van der Waals surface area contributed by atoms with E-state index in [0.717, 1.165) is 51.5 Å². The van der Waals surface area contributed by atoms with E-state index in [2.05, 4.69) is 27.4 Å². The van der Waals surface area contributed by atoms with Gasteiger partial charge in [-0.3, -0.25) is 19.6 Å². The van der Waals surface area contributed by atoms with Crippen molar-refractivity contribution in [1.29, 1.82) is 0 Å². The molecule has 7 nitrogen and oxygen atoms in total. The summed E-state index contributed by atoms with van der Waals surface area (Å²) in [5, 5.41) is 6.99. The van der Waals surface area contributed by atoms with Gasteiger partial charge in [0.1, 0.15) is 0 Å². The minimum atomic E-state index is 0.0926. The summed E-state index contributed by atoms with van der Waals surface area (Å²) in [7, 11) is 0. The van der Waals surface area contributed by atoms with Crippen LogP contribution in [0.3, 0.4) is 0 Å². The summed E-state index contributed by atoms with van der Waals surface area (Å²) in [4.78, 5) is 24.2. The van der Waals surface area contributed by atoms with Crippen molar-refractivity contribution in [2.75, 3.05) is 58.9 Å². The van der Waals surface area contributed by atoms with Crippen LogP contribution in [-0.4, -0.2) is 97.6 Å². The van der Waals surface area contributed by atoms with E-state index < -0.39 is 0 Å². The van der Waals surface area contributed by atoms with E-state index in [-0.39, 0.29) is 11.8 Å². The molecule has 0 aromatic heterocycles. The molecule has 0 aliphatic carbocycles. The lowest BCUT2D eigenvalue weighted by Crippen LogP contribution is -2.62. The minimum absolute atomic E-state index is 0.0926. The summed E-state index contributed by atoms with van der Waals surface area (Å²) in [6.45, 7) is 15.4. The normalized spacial score (nSPS) is 29.9. The van der Waals surface area contributed by atoms with Crippen molar-refractivity contribution in [2.24, 2.45) is 10.9 Å². The molecule has 1 unspecified atom stereocenters. The van der Waals surface area contributed by atoms with Crippen molar-refractivity contribution in [3.63, 3.8) is 0 Å². The molecule has 2 N–H and O–H groups in total. The van der Waals surface area contributed by atoms with Gasteiger partial charge in [0.05, 0.1) is 6.54 Å². The Morgan fingerprint density at radius 2 is 1.81 bits per heavy atom. The Kier molecular flexibility index (Phi) is 6.75. The molecular weight excluding hydrogens is 328 g/mol. The molecule has 0 radical (unpaired) electrons. The topological polar surface area (TPSA) is 63.2 Å². The smallest absolute Gasteiger partial charge is 0.225 e. The highest BCUT2D eigenvalue weighted by molar-refractivity contribution is 5.80. The number of fused-ring (bicyclic) bond motifs is 3. The van der Waals surface area contributed by atoms with Gasteiger partial charge in [-0.05, 0) is 19.8 Å². The molecule has 0 aromatic rings. The van der Waals surface area contributed by atoms with E-state index in [1.54, 1.807) is 0 Å². The first-order valence-corrected chi connectivity index (χ1v) is 10.4. The molecule has 0 aromatic carbocycles. The van der Waals surface area contributed by atoms with E-state index in [4.69, 9.17) is 4.99 Å². The Bertz CT molecular complexity index is 492. The number of piperazine rings is 3. The van der Waals surface area contributed by atoms with Crippen molar-refractivity contribution in [2.45, 2.75) is 45.7 Å². The third kappa shape index (κ3) is 4.88. The van der Waals surface area contributed by atoms with Gasteiger partial charge in [-0.25, -0.2) is 0 Å². The number of carbonyl (C=O) groups excluding carboxylic acids is 1. The Hall–Kier alpha value is -1.34. The number of guanidine groups is 1. The van der Waals surface area contributed by atoms with Gasteiger partial charge in [0.15, 0.2) is 5.96 Å². The van der Waals surface area contributed by atoms with Crippen LogP contribution in [0.2, 0.25) is 0 Å². The molecule has 7 heteroatoms. The van der Waals surface area contributed by atoms with Gasteiger partial charge in [0.25, 0.3) is 0 Å². The van der Waals surface area contributed by atoms with E-state index >= 15 is 0 Å². The molecule has 4 fully saturated rings. The third-order valence-corrected chi connectivity index (χ3v) is 5.84. The summed E-state index contributed by atoms with van der Waals surface area (Å²) in [6, 6.07) is 0.953. The van der Waals surface area contributed by atoms with E-state index in [0.29, 0.717) is 12.1 Å². The molecule has 1 atom stereocenters. The van der Waals surface area contributed by atoms with Crippen LogP contribution >= 0.6 is 0 Å². The molecule has 4 saturated heterocycles. The molecule has 0 spiro atoms. The van der Waals surface area contributed by atoms with Gasteiger partial charge in [-0.15, -0.1) is 0 Å². The molecule has 4 aliphatic heterocycles. The standard InChI is InChI=1S/C19H36N6O/c1-4-20-19(21-13-17-14-23-9-11-24(17)12-10-23)22-16-5-7-25(8-6-16)18(26)15(2)3/h15-17H,4-14H2,1-3H3,(H2,20,21,22). The molecule has 2 bridgehead atoms. The predicted octanol–water partition coefficient (Wildman–Crippen LogP) is 0.188. The monoisotopic (exact) mass is 364 g/mol. The van der Waals surface area contributed by atoms with Crippen LogP contribution in [0, 0.1) is 5.92 Å². The summed E-state index contributed by atoms with van der Waals surface area (Å²) in [5.74, 6) is 1.30. The summed E-state index contributed by atoms with van der Waals surface area (Å²) >= 11 is 0. The SMILES string of the molecule is CCNC(=NCC1CN2CCN1CC2)NC1CCN(C(=O)C(C)C)CC1. The number of nitrogens with one attached hydrogen (secondary N) is 2. The van der Waals surface area contributed by atoms with Crippen LogP contribution in [0.1, 0.15) is 33.6 Å². The first-order valence-electron chi connectivity index (χ1n) is 10.4. The zero-order chi connectivity index (χ0) is 18.5. The fraction of sp³-hybridized carbons (Fsp3) is 0.895. The lowest BCUT2D eigenvalue weighted by Gasteiger charge is -2.47. The molecule has 4 heterocycles. The Labute approximate surface area is 158 Å². The van der Waals surface area contributed by atoms with Gasteiger partial charge >= 0.3 is 0 Å². The van der Waals surface area contributed by atoms with Crippen molar-refractivity contribution >= 4 is 11.9 Å². The maximum absolute atomic E-state index is 12.1. The van der Waals surface area contributed by atoms with E-state index in [9.17, 15) is 4.79 Å². The highest BCUT2D eigenvalue weighted by Gasteiger charge is 2.31. The van der Waals surface area contributed by atoms with Gasteiger partial charge in [0.2, 0.25) is 5.91 Å². The van der Waals surface area contributed by atoms with Gasteiger partial charge in [-0.1, -0.05) is 13.8 Å². The quantitative estimate of drug-likeness (QED) is 0.539. The van der Waals surface area contributed by atoms with Crippen LogP contribution in [0.15, 0.2) is 4.99 Å². The second kappa shape index (κ2) is 9.04. The number of aliphatic imine (C=N–C) groups is 1. The van der Waals surface area contributed by atoms with Crippen LogP contribution in [0.25, 0.3) is 0 Å². The number of piperidine rings is 1. The number of nitrogens with zero attached hydrogens (tertiary/aromatic N) is 4. The number of likely N-dealkylation sites (tertiary alicyclic amines) is 1. The van der Waals surface area contributed by atoms with Gasteiger partial charge < -0.3 is 15.5 Å². The first kappa shape index (κ1) is 19.4. The Morgan fingerprint density at radius 1 is 1.12 bits per heavy atom. The van der Waals surface area contributed by atoms with Crippen LogP contribution in [0.4, 0.5) is 0 Å². The number of amides is 1. The lowest BCUT2D eigenvalue weighted by molar-refractivity contribution is -0.135. The highest BCUT2D eigenvalue weighted by atomic mass is 16.2. The maximum atomic E-state index is 12.1. The Morgan fingerprint density at radius 3 is 2.35 bits per heavy atom. The molecule has 4 aliphatic rings. The van der Waals surface area contributed by atoms with Crippen molar-refractivity contribution in [3.8, 4) is 0 Å². The second-order valence-corrected chi connectivity index (χ2v) is 8.11. The maximum Gasteiger partial charge on any atom is 0.225 e. The summed E-state index contributed by atoms with van der Waals surface area (Å²) in [5.41, 5.74) is 0. The van der Waals surface area contributed by atoms with Crippen molar-refractivity contribution in [3.05, 3.63) is 0 Å². The average Bonchev–Trinajstić information content (AvgIpc) is 2.67. The predicted molar refractivity (Wildman–Crippen MR) is 105 cm³/mol. The summed E-state index contributed by atoms with van der Waals surface area (Å²) in [6.07, 6.45) is 1.98. The minimum Gasteiger partial charge on any atom is -0.357 e. The third-order valence-electron chi connectivity index (χ3n) is 5.84. The largest absolute Gasteiger partial charge is 0.357 e. The molecule has 1 amide bonds. The zero-order valence-electron chi connectivity index (χ0n) is 16.7. The van der Waals surface area contributed by atoms with Crippen LogP contribution in [-0.2, 0) is 4.79 Å².